The number of thiocarbonyl (C=S) groups is 1. The molecule has 100 valence electrons. The van der Waals surface area contributed by atoms with Crippen molar-refractivity contribution in [3.8, 4) is 0 Å². The van der Waals surface area contributed by atoms with E-state index in [-0.39, 0.29) is 16.5 Å². The fourth-order valence-electron chi connectivity index (χ4n) is 2.30. The van der Waals surface area contributed by atoms with Gasteiger partial charge < -0.3 is 4.90 Å². The second-order valence-corrected chi connectivity index (χ2v) is 7.43. The molecule has 0 aliphatic carbocycles. The lowest BCUT2D eigenvalue weighted by Gasteiger charge is -2.29. The second-order valence-electron chi connectivity index (χ2n) is 4.32. The van der Waals surface area contributed by atoms with Crippen LogP contribution in [0.4, 0.5) is 0 Å². The minimum Gasteiger partial charge on any atom is -0.361 e. The summed E-state index contributed by atoms with van der Waals surface area (Å²) in [7, 11) is 0. The van der Waals surface area contributed by atoms with Crippen LogP contribution in [-0.4, -0.2) is 43.7 Å². The van der Waals surface area contributed by atoms with Gasteiger partial charge in [-0.05, 0) is 27.7 Å². The third-order valence-electron chi connectivity index (χ3n) is 3.42. The van der Waals surface area contributed by atoms with E-state index in [9.17, 15) is 4.79 Å². The van der Waals surface area contributed by atoms with Crippen molar-refractivity contribution in [1.82, 2.24) is 9.80 Å². The van der Waals surface area contributed by atoms with Gasteiger partial charge in [-0.25, -0.2) is 0 Å². The molecule has 0 aromatic carbocycles. The molecule has 6 heteroatoms. The summed E-state index contributed by atoms with van der Waals surface area (Å²) in [6.07, 6.45) is 0. The van der Waals surface area contributed by atoms with Crippen LogP contribution in [-0.2, 0) is 4.79 Å². The Morgan fingerprint density at radius 2 is 1.89 bits per heavy atom. The van der Waals surface area contributed by atoms with Gasteiger partial charge in [-0.15, -0.1) is 11.8 Å². The van der Waals surface area contributed by atoms with Crippen LogP contribution in [0.2, 0.25) is 0 Å². The smallest absolute Gasteiger partial charge is 0.244 e. The molecule has 3 nitrogen and oxygen atoms in total. The maximum Gasteiger partial charge on any atom is 0.244 e. The van der Waals surface area contributed by atoms with Gasteiger partial charge in [-0.2, -0.15) is 0 Å². The fraction of sp³-hybridized carbons (Fsp3) is 0.667. The lowest BCUT2D eigenvalue weighted by atomic mass is 10.3. The average molecular weight is 302 g/mol. The first-order valence-electron chi connectivity index (χ1n) is 6.14. The summed E-state index contributed by atoms with van der Waals surface area (Å²) in [5, 5.41) is 0.136. The fourth-order valence-corrected chi connectivity index (χ4v) is 5.54. The molecule has 2 atom stereocenters. The molecule has 0 aromatic rings. The number of rotatable bonds is 3. The Morgan fingerprint density at radius 1 is 1.22 bits per heavy atom. The summed E-state index contributed by atoms with van der Waals surface area (Å²) in [5.74, 6) is 0.172. The van der Waals surface area contributed by atoms with Gasteiger partial charge in [0, 0.05) is 23.7 Å². The van der Waals surface area contributed by atoms with Gasteiger partial charge in [0.1, 0.15) is 14.9 Å². The monoisotopic (exact) mass is 302 g/mol. The van der Waals surface area contributed by atoms with Crippen molar-refractivity contribution in [2.45, 2.75) is 38.3 Å². The van der Waals surface area contributed by atoms with Crippen molar-refractivity contribution < 1.29 is 4.79 Å². The molecule has 1 fully saturated rings. The molecule has 1 saturated heterocycles. The molecule has 1 amide bonds. The third-order valence-corrected chi connectivity index (χ3v) is 6.65. The van der Waals surface area contributed by atoms with E-state index in [1.165, 1.54) is 10.6 Å². The summed E-state index contributed by atoms with van der Waals surface area (Å²) < 4.78 is 0.728. The molecular formula is C12H18N2OS3. The maximum atomic E-state index is 12.4. The summed E-state index contributed by atoms with van der Waals surface area (Å²) in [6.45, 7) is 9.98. The van der Waals surface area contributed by atoms with E-state index in [4.69, 9.17) is 12.2 Å². The predicted molar refractivity (Wildman–Crippen MR) is 83.5 cm³/mol. The zero-order chi connectivity index (χ0) is 13.4. The van der Waals surface area contributed by atoms with Crippen molar-refractivity contribution in [2.24, 2.45) is 0 Å². The normalized spacial score (nSPS) is 28.9. The Balaban J connectivity index is 2.20. The summed E-state index contributed by atoms with van der Waals surface area (Å²) in [5.41, 5.74) is 1.29. The Hall–Kier alpha value is -0.200. The summed E-state index contributed by atoms with van der Waals surface area (Å²) in [6, 6.07) is 0. The van der Waals surface area contributed by atoms with Crippen molar-refractivity contribution in [3.63, 3.8) is 0 Å². The Morgan fingerprint density at radius 3 is 2.39 bits per heavy atom. The molecule has 0 bridgehead atoms. The molecule has 2 aliphatic heterocycles. The van der Waals surface area contributed by atoms with Crippen LogP contribution < -0.4 is 0 Å². The van der Waals surface area contributed by atoms with Crippen molar-refractivity contribution >= 4 is 46.0 Å². The number of nitrogens with zero attached hydrogens (tertiary/aromatic N) is 2. The van der Waals surface area contributed by atoms with Crippen LogP contribution in [0.1, 0.15) is 27.7 Å². The van der Waals surface area contributed by atoms with Crippen LogP contribution in [0.25, 0.3) is 0 Å². The van der Waals surface area contributed by atoms with Crippen LogP contribution >= 0.6 is 35.7 Å². The molecule has 0 saturated carbocycles. The molecule has 2 rings (SSSR count). The van der Waals surface area contributed by atoms with Crippen molar-refractivity contribution in [1.29, 1.82) is 0 Å². The minimum atomic E-state index is -0.0604. The first kappa shape index (κ1) is 14.2. The SMILES string of the molecule is CCN1C(=O)[C@H]([C@@H]2SC(C)=C(C)N2CC)SC1=S. The molecule has 0 unspecified atom stereocenters. The molecular weight excluding hydrogens is 284 g/mol. The average Bonchev–Trinajstić information content (AvgIpc) is 2.78. The Labute approximate surface area is 122 Å². The highest BCUT2D eigenvalue weighted by Gasteiger charge is 2.45. The van der Waals surface area contributed by atoms with Crippen molar-refractivity contribution in [3.05, 3.63) is 10.6 Å². The molecule has 0 aromatic heterocycles. The highest BCUT2D eigenvalue weighted by molar-refractivity contribution is 8.24. The number of allylic oxidation sites excluding steroid dienone is 2. The van der Waals surface area contributed by atoms with Crippen LogP contribution in [0.5, 0.6) is 0 Å². The number of carbonyl (C=O) groups excluding carboxylic acids is 1. The van der Waals surface area contributed by atoms with Gasteiger partial charge in [-0.3, -0.25) is 9.69 Å². The third kappa shape index (κ3) is 2.18. The van der Waals surface area contributed by atoms with Crippen LogP contribution in [0, 0.1) is 0 Å². The summed E-state index contributed by atoms with van der Waals surface area (Å²) >= 11 is 8.63. The molecule has 0 spiro atoms. The highest BCUT2D eigenvalue weighted by atomic mass is 32.2. The van der Waals surface area contributed by atoms with Gasteiger partial charge in [0.2, 0.25) is 5.91 Å². The van der Waals surface area contributed by atoms with E-state index in [0.717, 1.165) is 10.9 Å². The number of carbonyl (C=O) groups is 1. The molecule has 2 aliphatic rings. The summed E-state index contributed by atoms with van der Waals surface area (Å²) in [4.78, 5) is 17.7. The minimum absolute atomic E-state index is 0.0604. The topological polar surface area (TPSA) is 23.6 Å². The number of thioether (sulfide) groups is 2. The number of hydrogen-bond donors (Lipinski definition) is 0. The van der Waals surface area contributed by atoms with E-state index >= 15 is 0 Å². The van der Waals surface area contributed by atoms with Crippen LogP contribution in [0.15, 0.2) is 10.6 Å². The molecule has 2 heterocycles. The molecule has 18 heavy (non-hydrogen) atoms. The second kappa shape index (κ2) is 5.43. The zero-order valence-corrected chi connectivity index (χ0v) is 13.5. The van der Waals surface area contributed by atoms with Crippen molar-refractivity contribution in [2.75, 3.05) is 13.1 Å². The molecule has 0 radical (unpaired) electrons. The number of amides is 1. The first-order valence-corrected chi connectivity index (χ1v) is 8.30. The van der Waals surface area contributed by atoms with E-state index in [1.807, 2.05) is 6.92 Å². The van der Waals surface area contributed by atoms with E-state index in [0.29, 0.717) is 6.54 Å². The highest BCUT2D eigenvalue weighted by Crippen LogP contribution is 2.44. The lowest BCUT2D eigenvalue weighted by Crippen LogP contribution is -2.41. The Kier molecular flexibility index (Phi) is 4.29. The van der Waals surface area contributed by atoms with Gasteiger partial charge in [0.15, 0.2) is 0 Å². The maximum absolute atomic E-state index is 12.4. The predicted octanol–water partition coefficient (Wildman–Crippen LogP) is 2.88. The lowest BCUT2D eigenvalue weighted by molar-refractivity contribution is -0.126. The van der Waals surface area contributed by atoms with E-state index < -0.39 is 0 Å². The number of hydrogen-bond acceptors (Lipinski definition) is 5. The standard InChI is InChI=1S/C12H18N2OS3/c1-5-13-7(3)8(4)17-11(13)9-10(15)14(6-2)12(16)18-9/h9,11H,5-6H2,1-4H3/t9-,11+/m1/s1. The zero-order valence-electron chi connectivity index (χ0n) is 11.1. The largest absolute Gasteiger partial charge is 0.361 e. The van der Waals surface area contributed by atoms with Gasteiger partial charge in [0.05, 0.1) is 0 Å². The van der Waals surface area contributed by atoms with Gasteiger partial charge in [-0.1, -0.05) is 24.0 Å². The van der Waals surface area contributed by atoms with Gasteiger partial charge >= 0.3 is 0 Å². The molecule has 0 N–H and O–H groups in total. The van der Waals surface area contributed by atoms with Gasteiger partial charge in [0.25, 0.3) is 0 Å². The first-order chi connectivity index (χ1) is 8.51. The Bertz CT molecular complexity index is 422. The van der Waals surface area contributed by atoms with E-state index in [2.05, 4.69) is 25.7 Å². The van der Waals surface area contributed by atoms with E-state index in [1.54, 1.807) is 28.4 Å². The van der Waals surface area contributed by atoms with Crippen LogP contribution in [0.3, 0.4) is 0 Å². The quantitative estimate of drug-likeness (QED) is 0.746.